The molecule has 100 valence electrons. The Labute approximate surface area is 133 Å². The van der Waals surface area contributed by atoms with Crippen LogP contribution >= 0.6 is 43.2 Å². The minimum atomic E-state index is 0.167. The van der Waals surface area contributed by atoms with Gasteiger partial charge in [-0.25, -0.2) is 0 Å². The van der Waals surface area contributed by atoms with Gasteiger partial charge in [0.2, 0.25) is 0 Å². The first-order valence-corrected chi connectivity index (χ1v) is 8.47. The van der Waals surface area contributed by atoms with E-state index in [1.165, 1.54) is 16.0 Å². The summed E-state index contributed by atoms with van der Waals surface area (Å²) in [6.45, 7) is 0.781. The van der Waals surface area contributed by atoms with E-state index in [4.69, 9.17) is 4.74 Å². The maximum Gasteiger partial charge on any atom is 0.127 e. The zero-order chi connectivity index (χ0) is 13.4. The van der Waals surface area contributed by atoms with Gasteiger partial charge in [-0.05, 0) is 52.8 Å². The van der Waals surface area contributed by atoms with Crippen LogP contribution in [0, 0.1) is 0 Å². The van der Waals surface area contributed by atoms with Crippen LogP contribution in [0.4, 0.5) is 0 Å². The van der Waals surface area contributed by atoms with Crippen LogP contribution in [0.15, 0.2) is 32.5 Å². The first-order chi connectivity index (χ1) is 9.19. The quantitative estimate of drug-likeness (QED) is 0.814. The summed E-state index contributed by atoms with van der Waals surface area (Å²) in [7, 11) is 1.99. The molecular formula is C14H13Br2NOS. The fourth-order valence-electron chi connectivity index (χ4n) is 2.45. The summed E-state index contributed by atoms with van der Waals surface area (Å²) in [5.41, 5.74) is 2.50. The van der Waals surface area contributed by atoms with E-state index in [0.29, 0.717) is 0 Å². The molecule has 0 fully saturated rings. The molecule has 1 atom stereocenters. The number of benzene rings is 1. The molecule has 0 aliphatic carbocycles. The van der Waals surface area contributed by atoms with Crippen LogP contribution in [0.5, 0.6) is 5.75 Å². The Hall–Kier alpha value is -0.360. The molecular weight excluding hydrogens is 390 g/mol. The number of hydrogen-bond acceptors (Lipinski definition) is 3. The third-order valence-electron chi connectivity index (χ3n) is 3.26. The van der Waals surface area contributed by atoms with Gasteiger partial charge in [-0.1, -0.05) is 15.9 Å². The predicted octanol–water partition coefficient (Wildman–Crippen LogP) is 4.52. The standard InChI is InChI=1S/C14H13Br2NOS/c1-17-13(11-2-3-12(16)19-11)10-7-9(15)6-8-4-5-18-14(8)10/h2-3,6-7,13,17H,4-5H2,1H3. The summed E-state index contributed by atoms with van der Waals surface area (Å²) in [6.07, 6.45) is 0.992. The second-order valence-electron chi connectivity index (χ2n) is 4.45. The third-order valence-corrected chi connectivity index (χ3v) is 5.40. The summed E-state index contributed by atoms with van der Waals surface area (Å²) < 4.78 is 8.09. The molecule has 5 heteroatoms. The van der Waals surface area contributed by atoms with Gasteiger partial charge in [0, 0.05) is 21.3 Å². The maximum atomic E-state index is 5.83. The van der Waals surface area contributed by atoms with Crippen molar-refractivity contribution in [1.29, 1.82) is 0 Å². The molecule has 19 heavy (non-hydrogen) atoms. The van der Waals surface area contributed by atoms with Gasteiger partial charge < -0.3 is 10.1 Å². The Morgan fingerprint density at radius 1 is 1.32 bits per heavy atom. The molecule has 0 spiro atoms. The zero-order valence-corrected chi connectivity index (χ0v) is 14.4. The lowest BCUT2D eigenvalue weighted by molar-refractivity contribution is 0.351. The van der Waals surface area contributed by atoms with Crippen molar-refractivity contribution < 1.29 is 4.74 Å². The van der Waals surface area contributed by atoms with Crippen LogP contribution in [0.25, 0.3) is 0 Å². The number of hydrogen-bond donors (Lipinski definition) is 1. The lowest BCUT2D eigenvalue weighted by Gasteiger charge is -2.18. The van der Waals surface area contributed by atoms with E-state index in [9.17, 15) is 0 Å². The molecule has 2 nitrogen and oxygen atoms in total. The Morgan fingerprint density at radius 3 is 2.84 bits per heavy atom. The van der Waals surface area contributed by atoms with Crippen molar-refractivity contribution in [3.05, 3.63) is 48.5 Å². The Kier molecular flexibility index (Phi) is 3.98. The van der Waals surface area contributed by atoms with E-state index in [1.807, 2.05) is 7.05 Å². The van der Waals surface area contributed by atoms with E-state index in [1.54, 1.807) is 11.3 Å². The Morgan fingerprint density at radius 2 is 2.16 bits per heavy atom. The smallest absolute Gasteiger partial charge is 0.127 e. The molecule has 0 saturated heterocycles. The van der Waals surface area contributed by atoms with Crippen LogP contribution in [-0.2, 0) is 6.42 Å². The summed E-state index contributed by atoms with van der Waals surface area (Å²) >= 11 is 8.88. The summed E-state index contributed by atoms with van der Waals surface area (Å²) in [6, 6.07) is 8.71. The first-order valence-electron chi connectivity index (χ1n) is 6.06. The van der Waals surface area contributed by atoms with Gasteiger partial charge >= 0.3 is 0 Å². The minimum Gasteiger partial charge on any atom is -0.493 e. The van der Waals surface area contributed by atoms with Gasteiger partial charge in [-0.15, -0.1) is 11.3 Å². The van der Waals surface area contributed by atoms with Gasteiger partial charge in [0.05, 0.1) is 16.4 Å². The molecule has 1 unspecified atom stereocenters. The maximum absolute atomic E-state index is 5.83. The van der Waals surface area contributed by atoms with E-state index in [-0.39, 0.29) is 6.04 Å². The van der Waals surface area contributed by atoms with E-state index >= 15 is 0 Å². The Balaban J connectivity index is 2.09. The van der Waals surface area contributed by atoms with E-state index in [2.05, 4.69) is 61.4 Å². The fraction of sp³-hybridized carbons (Fsp3) is 0.286. The van der Waals surface area contributed by atoms with E-state index in [0.717, 1.165) is 27.0 Å². The summed E-state index contributed by atoms with van der Waals surface area (Å²) in [5, 5.41) is 3.39. The molecule has 2 heterocycles. The largest absolute Gasteiger partial charge is 0.493 e. The summed E-state index contributed by atoms with van der Waals surface area (Å²) in [4.78, 5) is 1.28. The number of rotatable bonds is 3. The van der Waals surface area contributed by atoms with Crippen LogP contribution in [0.2, 0.25) is 0 Å². The van der Waals surface area contributed by atoms with Gasteiger partial charge in [-0.3, -0.25) is 0 Å². The third kappa shape index (κ3) is 2.61. The molecule has 1 aliphatic rings. The Bertz CT molecular complexity index is 611. The minimum absolute atomic E-state index is 0.167. The normalized spacial score (nSPS) is 15.1. The molecule has 0 radical (unpaired) electrons. The lowest BCUT2D eigenvalue weighted by atomic mass is 10.0. The van der Waals surface area contributed by atoms with Crippen molar-refractivity contribution in [2.75, 3.05) is 13.7 Å². The molecule has 1 N–H and O–H groups in total. The number of halogens is 2. The highest BCUT2D eigenvalue weighted by molar-refractivity contribution is 9.11. The molecule has 1 aromatic heterocycles. The van der Waals surface area contributed by atoms with Crippen molar-refractivity contribution in [3.8, 4) is 5.75 Å². The molecule has 0 saturated carbocycles. The van der Waals surface area contributed by atoms with Crippen LogP contribution < -0.4 is 10.1 Å². The van der Waals surface area contributed by atoms with Crippen LogP contribution in [0.1, 0.15) is 22.0 Å². The van der Waals surface area contributed by atoms with Gasteiger partial charge in [0.1, 0.15) is 5.75 Å². The number of thiophene rings is 1. The molecule has 0 amide bonds. The average molecular weight is 403 g/mol. The van der Waals surface area contributed by atoms with Gasteiger partial charge in [-0.2, -0.15) is 0 Å². The second-order valence-corrected chi connectivity index (χ2v) is 7.86. The topological polar surface area (TPSA) is 21.3 Å². The number of fused-ring (bicyclic) bond motifs is 1. The highest BCUT2D eigenvalue weighted by atomic mass is 79.9. The predicted molar refractivity (Wildman–Crippen MR) is 86.3 cm³/mol. The molecule has 0 bridgehead atoms. The molecule has 3 rings (SSSR count). The van der Waals surface area contributed by atoms with Crippen molar-refractivity contribution in [2.45, 2.75) is 12.5 Å². The van der Waals surface area contributed by atoms with Crippen molar-refractivity contribution in [3.63, 3.8) is 0 Å². The zero-order valence-electron chi connectivity index (χ0n) is 10.4. The molecule has 1 aliphatic heterocycles. The monoisotopic (exact) mass is 401 g/mol. The average Bonchev–Trinajstić information content (AvgIpc) is 2.99. The van der Waals surface area contributed by atoms with Crippen molar-refractivity contribution in [1.82, 2.24) is 5.32 Å². The molecule has 2 aromatic rings. The van der Waals surface area contributed by atoms with Crippen LogP contribution in [0.3, 0.4) is 0 Å². The summed E-state index contributed by atoms with van der Waals surface area (Å²) in [5.74, 6) is 1.05. The van der Waals surface area contributed by atoms with Gasteiger partial charge in [0.25, 0.3) is 0 Å². The first kappa shape index (κ1) is 13.6. The van der Waals surface area contributed by atoms with Crippen LogP contribution in [-0.4, -0.2) is 13.7 Å². The SMILES string of the molecule is CNC(c1ccc(Br)s1)c1cc(Br)cc2c1OCC2. The van der Waals surface area contributed by atoms with E-state index < -0.39 is 0 Å². The highest BCUT2D eigenvalue weighted by Gasteiger charge is 2.24. The fourth-order valence-corrected chi connectivity index (χ4v) is 4.52. The van der Waals surface area contributed by atoms with Crippen molar-refractivity contribution in [2.24, 2.45) is 0 Å². The number of ether oxygens (including phenoxy) is 1. The van der Waals surface area contributed by atoms with Gasteiger partial charge in [0.15, 0.2) is 0 Å². The van der Waals surface area contributed by atoms with Crippen molar-refractivity contribution >= 4 is 43.2 Å². The highest BCUT2D eigenvalue weighted by Crippen LogP contribution is 2.40. The lowest BCUT2D eigenvalue weighted by Crippen LogP contribution is -2.17. The number of nitrogens with one attached hydrogen (secondary N) is 1. The second kappa shape index (κ2) is 5.56. The molecule has 1 aromatic carbocycles.